The summed E-state index contributed by atoms with van der Waals surface area (Å²) in [5.74, 6) is -0.684. The van der Waals surface area contributed by atoms with Crippen molar-refractivity contribution in [2.45, 2.75) is 25.2 Å². The van der Waals surface area contributed by atoms with Crippen molar-refractivity contribution in [3.8, 4) is 0 Å². The SMILES string of the molecule is Cc1ccc(C2(C(=O)O)CC2)cc1. The van der Waals surface area contributed by atoms with Crippen molar-refractivity contribution >= 4 is 5.97 Å². The average Bonchev–Trinajstić information content (AvgIpc) is 2.86. The van der Waals surface area contributed by atoms with Crippen LogP contribution < -0.4 is 0 Å². The molecule has 2 nitrogen and oxygen atoms in total. The maximum Gasteiger partial charge on any atom is 0.314 e. The van der Waals surface area contributed by atoms with Gasteiger partial charge in [0.05, 0.1) is 5.41 Å². The minimum atomic E-state index is -0.684. The van der Waals surface area contributed by atoms with Crippen LogP contribution in [0.5, 0.6) is 0 Å². The molecule has 0 aromatic heterocycles. The van der Waals surface area contributed by atoms with Gasteiger partial charge in [-0.15, -0.1) is 0 Å². The van der Waals surface area contributed by atoms with Gasteiger partial charge in [-0.05, 0) is 25.3 Å². The van der Waals surface area contributed by atoms with Crippen LogP contribution in [0, 0.1) is 6.92 Å². The predicted octanol–water partition coefficient (Wildman–Crippen LogP) is 2.11. The van der Waals surface area contributed by atoms with E-state index in [9.17, 15) is 4.79 Å². The van der Waals surface area contributed by atoms with Gasteiger partial charge in [-0.25, -0.2) is 0 Å². The Kier molecular flexibility index (Phi) is 1.65. The zero-order valence-corrected chi connectivity index (χ0v) is 7.58. The van der Waals surface area contributed by atoms with Gasteiger partial charge in [-0.1, -0.05) is 29.8 Å². The number of hydrogen-bond acceptors (Lipinski definition) is 1. The zero-order chi connectivity index (χ0) is 9.47. The summed E-state index contributed by atoms with van der Waals surface area (Å²) in [7, 11) is 0. The number of carboxylic acids is 1. The second-order valence-corrected chi connectivity index (χ2v) is 3.75. The van der Waals surface area contributed by atoms with Crippen LogP contribution in [0.3, 0.4) is 0 Å². The molecule has 1 aliphatic carbocycles. The van der Waals surface area contributed by atoms with E-state index in [2.05, 4.69) is 0 Å². The Hall–Kier alpha value is -1.31. The molecule has 1 aliphatic rings. The predicted molar refractivity (Wildman–Crippen MR) is 49.7 cm³/mol. The van der Waals surface area contributed by atoms with E-state index in [1.165, 1.54) is 5.56 Å². The van der Waals surface area contributed by atoms with Crippen LogP contribution in [0.4, 0.5) is 0 Å². The van der Waals surface area contributed by atoms with Crippen molar-refractivity contribution in [3.63, 3.8) is 0 Å². The summed E-state index contributed by atoms with van der Waals surface area (Å²) < 4.78 is 0. The van der Waals surface area contributed by atoms with E-state index in [1.807, 2.05) is 31.2 Å². The van der Waals surface area contributed by atoms with Gasteiger partial charge in [0.2, 0.25) is 0 Å². The van der Waals surface area contributed by atoms with Crippen LogP contribution in [0.15, 0.2) is 24.3 Å². The lowest BCUT2D eigenvalue weighted by atomic mass is 9.95. The number of carboxylic acid groups (broad SMARTS) is 1. The maximum atomic E-state index is 11.0. The van der Waals surface area contributed by atoms with Crippen LogP contribution in [0.1, 0.15) is 24.0 Å². The van der Waals surface area contributed by atoms with E-state index < -0.39 is 11.4 Å². The number of carbonyl (C=O) groups is 1. The Balaban J connectivity index is 2.36. The first-order chi connectivity index (χ1) is 6.15. The molecule has 0 spiro atoms. The molecule has 0 heterocycles. The van der Waals surface area contributed by atoms with Crippen LogP contribution in [0.25, 0.3) is 0 Å². The summed E-state index contributed by atoms with van der Waals surface area (Å²) in [5, 5.41) is 9.03. The number of rotatable bonds is 2. The minimum absolute atomic E-state index is 0.548. The van der Waals surface area contributed by atoms with Gasteiger partial charge in [0.1, 0.15) is 0 Å². The molecular formula is C11H12O2. The summed E-state index contributed by atoms with van der Waals surface area (Å²) in [4.78, 5) is 11.0. The average molecular weight is 176 g/mol. The largest absolute Gasteiger partial charge is 0.481 e. The van der Waals surface area contributed by atoms with Crippen molar-refractivity contribution in [2.75, 3.05) is 0 Å². The molecule has 13 heavy (non-hydrogen) atoms. The normalized spacial score (nSPS) is 18.2. The first-order valence-corrected chi connectivity index (χ1v) is 4.46. The second-order valence-electron chi connectivity index (χ2n) is 3.75. The molecular weight excluding hydrogens is 164 g/mol. The summed E-state index contributed by atoms with van der Waals surface area (Å²) in [6.07, 6.45) is 1.57. The topological polar surface area (TPSA) is 37.3 Å². The number of aliphatic carboxylic acids is 1. The van der Waals surface area contributed by atoms with Crippen LogP contribution in [-0.4, -0.2) is 11.1 Å². The van der Waals surface area contributed by atoms with E-state index in [0.29, 0.717) is 0 Å². The zero-order valence-electron chi connectivity index (χ0n) is 7.58. The van der Waals surface area contributed by atoms with Gasteiger partial charge >= 0.3 is 5.97 Å². The number of hydrogen-bond donors (Lipinski definition) is 1. The van der Waals surface area contributed by atoms with E-state index in [-0.39, 0.29) is 0 Å². The van der Waals surface area contributed by atoms with Gasteiger partial charge in [0, 0.05) is 0 Å². The Bertz CT molecular complexity index is 334. The van der Waals surface area contributed by atoms with E-state index in [4.69, 9.17) is 5.11 Å². The third-order valence-electron chi connectivity index (χ3n) is 2.76. The molecule has 1 fully saturated rings. The summed E-state index contributed by atoms with van der Waals surface area (Å²) in [6.45, 7) is 2.00. The monoisotopic (exact) mass is 176 g/mol. The van der Waals surface area contributed by atoms with Crippen LogP contribution in [0.2, 0.25) is 0 Å². The Morgan fingerprint density at radius 1 is 1.31 bits per heavy atom. The summed E-state index contributed by atoms with van der Waals surface area (Å²) in [5.41, 5.74) is 1.57. The fraction of sp³-hybridized carbons (Fsp3) is 0.364. The molecule has 0 amide bonds. The van der Waals surface area contributed by atoms with Crippen molar-refractivity contribution in [1.29, 1.82) is 0 Å². The highest BCUT2D eigenvalue weighted by Gasteiger charge is 2.51. The standard InChI is InChI=1S/C11H12O2/c1-8-2-4-9(5-3-8)11(6-7-11)10(12)13/h2-5H,6-7H2,1H3,(H,12,13). The molecule has 1 saturated carbocycles. The molecule has 0 radical (unpaired) electrons. The van der Waals surface area contributed by atoms with Gasteiger partial charge in [0.25, 0.3) is 0 Å². The van der Waals surface area contributed by atoms with Crippen molar-refractivity contribution in [2.24, 2.45) is 0 Å². The molecule has 0 saturated heterocycles. The fourth-order valence-corrected chi connectivity index (χ4v) is 1.62. The first-order valence-electron chi connectivity index (χ1n) is 4.46. The molecule has 0 bridgehead atoms. The second kappa shape index (κ2) is 2.59. The molecule has 1 aromatic carbocycles. The van der Waals surface area contributed by atoms with Crippen molar-refractivity contribution in [1.82, 2.24) is 0 Å². The third-order valence-corrected chi connectivity index (χ3v) is 2.76. The van der Waals surface area contributed by atoms with Crippen LogP contribution >= 0.6 is 0 Å². The Morgan fingerprint density at radius 2 is 1.85 bits per heavy atom. The lowest BCUT2D eigenvalue weighted by molar-refractivity contribution is -0.140. The molecule has 68 valence electrons. The summed E-state index contributed by atoms with van der Waals surface area (Å²) >= 11 is 0. The Labute approximate surface area is 77.2 Å². The lowest BCUT2D eigenvalue weighted by Crippen LogP contribution is -2.19. The molecule has 1 N–H and O–H groups in total. The number of benzene rings is 1. The van der Waals surface area contributed by atoms with Crippen molar-refractivity contribution < 1.29 is 9.90 Å². The van der Waals surface area contributed by atoms with Gasteiger partial charge in [-0.2, -0.15) is 0 Å². The first kappa shape index (κ1) is 8.30. The van der Waals surface area contributed by atoms with Gasteiger partial charge in [-0.3, -0.25) is 4.79 Å². The van der Waals surface area contributed by atoms with Gasteiger partial charge in [0.15, 0.2) is 0 Å². The fourth-order valence-electron chi connectivity index (χ4n) is 1.62. The minimum Gasteiger partial charge on any atom is -0.481 e. The van der Waals surface area contributed by atoms with E-state index in [1.54, 1.807) is 0 Å². The molecule has 2 heteroatoms. The number of aryl methyl sites for hydroxylation is 1. The summed E-state index contributed by atoms with van der Waals surface area (Å²) in [6, 6.07) is 7.80. The molecule has 0 unspecified atom stereocenters. The molecule has 2 rings (SSSR count). The molecule has 0 aliphatic heterocycles. The lowest BCUT2D eigenvalue weighted by Gasteiger charge is -2.09. The van der Waals surface area contributed by atoms with Crippen LogP contribution in [-0.2, 0) is 10.2 Å². The smallest absolute Gasteiger partial charge is 0.314 e. The van der Waals surface area contributed by atoms with Gasteiger partial charge < -0.3 is 5.11 Å². The molecule has 0 atom stereocenters. The van der Waals surface area contributed by atoms with Crippen molar-refractivity contribution in [3.05, 3.63) is 35.4 Å². The highest BCUT2D eigenvalue weighted by atomic mass is 16.4. The molecule has 1 aromatic rings. The van der Waals surface area contributed by atoms with E-state index in [0.717, 1.165) is 18.4 Å². The quantitative estimate of drug-likeness (QED) is 0.749. The highest BCUT2D eigenvalue weighted by Crippen LogP contribution is 2.48. The Morgan fingerprint density at radius 3 is 2.23 bits per heavy atom. The highest BCUT2D eigenvalue weighted by molar-refractivity contribution is 5.84. The maximum absolute atomic E-state index is 11.0. The third kappa shape index (κ3) is 1.22. The van der Waals surface area contributed by atoms with E-state index >= 15 is 0 Å².